The van der Waals surface area contributed by atoms with Gasteiger partial charge < -0.3 is 20.3 Å². The Kier molecular flexibility index (Phi) is 5.51. The quantitative estimate of drug-likeness (QED) is 0.538. The van der Waals surface area contributed by atoms with Gasteiger partial charge in [-0.15, -0.1) is 0 Å². The fourth-order valence-corrected chi connectivity index (χ4v) is 8.95. The molecule has 1 aromatic carbocycles. The van der Waals surface area contributed by atoms with Crippen molar-refractivity contribution in [1.82, 2.24) is 4.98 Å². The number of aromatic amines is 1. The molecule has 3 fully saturated rings. The van der Waals surface area contributed by atoms with Crippen molar-refractivity contribution in [3.63, 3.8) is 0 Å². The molecule has 1 spiro atoms. The molecule has 4 N–H and O–H groups in total. The lowest BCUT2D eigenvalue weighted by Gasteiger charge is -2.71. The Balaban J connectivity index is 1.74. The van der Waals surface area contributed by atoms with E-state index in [0.29, 0.717) is 17.8 Å². The van der Waals surface area contributed by atoms with Gasteiger partial charge >= 0.3 is 0 Å². The van der Waals surface area contributed by atoms with Crippen LogP contribution in [0.4, 0.5) is 0 Å². The maximum Gasteiger partial charge on any atom is 0.0605 e. The van der Waals surface area contributed by atoms with E-state index < -0.39 is 0 Å². The van der Waals surface area contributed by atoms with Gasteiger partial charge in [-0.2, -0.15) is 0 Å². The number of aliphatic hydroxyl groups excluding tert-OH is 3. The maximum atomic E-state index is 11.8. The van der Waals surface area contributed by atoms with E-state index in [1.165, 1.54) is 10.9 Å². The van der Waals surface area contributed by atoms with Crippen molar-refractivity contribution < 1.29 is 15.3 Å². The van der Waals surface area contributed by atoms with Crippen molar-refractivity contribution >= 4 is 10.9 Å². The van der Waals surface area contributed by atoms with Crippen LogP contribution < -0.4 is 0 Å². The molecule has 10 atom stereocenters. The number of fused-ring (bicyclic) bond motifs is 1. The lowest BCUT2D eigenvalue weighted by atomic mass is 9.35. The summed E-state index contributed by atoms with van der Waals surface area (Å²) in [6.45, 7) is 9.26. The number of para-hydroxylation sites is 1. The van der Waals surface area contributed by atoms with Crippen molar-refractivity contribution in [1.29, 1.82) is 0 Å². The van der Waals surface area contributed by atoms with Gasteiger partial charge in [0.15, 0.2) is 0 Å². The molecule has 4 nitrogen and oxygen atoms in total. The molecule has 2 aromatic rings. The standard InChI is InChI=1S/C28H41NO3/c1-16-13-24(32)27(4)18(3)9-10-23(31)28(27)12-11-19(17(2)15-30)25(26(16)28)21-14-29-22-8-6-5-7-20(21)22/h5-8,14,16-19,23-26,29-32H,9-13,15H2,1-4H3/t16-,17-,18-,19+,23+,24-,25-,26+,27-,28?/m1/s1. The lowest BCUT2D eigenvalue weighted by Crippen LogP contribution is -2.70. The van der Waals surface area contributed by atoms with Crippen molar-refractivity contribution in [3.8, 4) is 0 Å². The van der Waals surface area contributed by atoms with E-state index in [2.05, 4.69) is 63.1 Å². The molecule has 0 amide bonds. The number of aliphatic hydroxyl groups is 3. The Morgan fingerprint density at radius 1 is 1.09 bits per heavy atom. The molecule has 0 aliphatic heterocycles. The zero-order valence-electron chi connectivity index (χ0n) is 20.1. The Labute approximate surface area is 192 Å². The number of aromatic nitrogens is 1. The highest BCUT2D eigenvalue weighted by Gasteiger charge is 2.70. The van der Waals surface area contributed by atoms with Crippen LogP contribution in [0.2, 0.25) is 0 Å². The van der Waals surface area contributed by atoms with Crippen molar-refractivity contribution in [2.24, 2.45) is 40.4 Å². The first-order valence-corrected chi connectivity index (χ1v) is 12.8. The third kappa shape index (κ3) is 2.78. The number of benzene rings is 1. The van der Waals surface area contributed by atoms with Crippen LogP contribution in [0.15, 0.2) is 30.5 Å². The maximum absolute atomic E-state index is 11.8. The summed E-state index contributed by atoms with van der Waals surface area (Å²) in [6.07, 6.45) is 5.95. The molecule has 0 bridgehead atoms. The van der Waals surface area contributed by atoms with Crippen LogP contribution in [0.1, 0.15) is 71.3 Å². The minimum Gasteiger partial charge on any atom is -0.396 e. The predicted molar refractivity (Wildman–Crippen MR) is 128 cm³/mol. The number of hydrogen-bond donors (Lipinski definition) is 4. The zero-order chi connectivity index (χ0) is 22.8. The fourth-order valence-electron chi connectivity index (χ4n) is 8.95. The minimum absolute atomic E-state index is 0.191. The Bertz CT molecular complexity index is 970. The third-order valence-corrected chi connectivity index (χ3v) is 10.7. The average Bonchev–Trinajstić information content (AvgIpc) is 3.22. The average molecular weight is 440 g/mol. The van der Waals surface area contributed by atoms with Gasteiger partial charge in [-0.3, -0.25) is 0 Å². The highest BCUT2D eigenvalue weighted by Crippen LogP contribution is 2.72. The molecule has 1 heterocycles. The normalized spacial score (nSPS) is 45.3. The van der Waals surface area contributed by atoms with Gasteiger partial charge in [-0.1, -0.05) is 45.9 Å². The van der Waals surface area contributed by atoms with E-state index in [1.807, 2.05) is 0 Å². The first kappa shape index (κ1) is 22.4. The van der Waals surface area contributed by atoms with E-state index in [0.717, 1.165) is 37.6 Å². The van der Waals surface area contributed by atoms with Gasteiger partial charge in [0.05, 0.1) is 12.2 Å². The highest BCUT2D eigenvalue weighted by molar-refractivity contribution is 5.83. The van der Waals surface area contributed by atoms with Gasteiger partial charge in [0, 0.05) is 34.5 Å². The van der Waals surface area contributed by atoms with Crippen LogP contribution in [0.5, 0.6) is 0 Å². The number of hydrogen-bond acceptors (Lipinski definition) is 3. The van der Waals surface area contributed by atoms with E-state index in [4.69, 9.17) is 0 Å². The predicted octanol–water partition coefficient (Wildman–Crippen LogP) is 5.09. The van der Waals surface area contributed by atoms with Crippen LogP contribution >= 0.6 is 0 Å². The number of rotatable bonds is 3. The molecule has 3 saturated carbocycles. The van der Waals surface area contributed by atoms with Gasteiger partial charge in [0.2, 0.25) is 0 Å². The smallest absolute Gasteiger partial charge is 0.0605 e. The zero-order valence-corrected chi connectivity index (χ0v) is 20.1. The van der Waals surface area contributed by atoms with Crippen LogP contribution in [-0.2, 0) is 0 Å². The number of nitrogens with one attached hydrogen (secondary N) is 1. The second-order valence-electron chi connectivity index (χ2n) is 11.7. The summed E-state index contributed by atoms with van der Waals surface area (Å²) in [4.78, 5) is 3.51. The fraction of sp³-hybridized carbons (Fsp3) is 0.714. The molecule has 5 rings (SSSR count). The molecule has 176 valence electrons. The summed E-state index contributed by atoms with van der Waals surface area (Å²) >= 11 is 0. The van der Waals surface area contributed by atoms with Crippen molar-refractivity contribution in [2.45, 2.75) is 77.9 Å². The van der Waals surface area contributed by atoms with Gasteiger partial charge in [-0.05, 0) is 79.2 Å². The summed E-state index contributed by atoms with van der Waals surface area (Å²) in [5.74, 6) is 1.79. The number of H-pyrrole nitrogens is 1. The van der Waals surface area contributed by atoms with Crippen LogP contribution in [0, 0.1) is 40.4 Å². The van der Waals surface area contributed by atoms with Gasteiger partial charge in [0.1, 0.15) is 0 Å². The lowest BCUT2D eigenvalue weighted by molar-refractivity contribution is -0.269. The molecular formula is C28H41NO3. The topological polar surface area (TPSA) is 76.5 Å². The Hall–Kier alpha value is -1.36. The largest absolute Gasteiger partial charge is 0.396 e. The summed E-state index contributed by atoms with van der Waals surface area (Å²) in [5.41, 5.74) is 1.91. The highest BCUT2D eigenvalue weighted by atomic mass is 16.3. The molecule has 32 heavy (non-hydrogen) atoms. The monoisotopic (exact) mass is 439 g/mol. The molecule has 3 aliphatic rings. The Morgan fingerprint density at radius 2 is 1.84 bits per heavy atom. The molecule has 4 heteroatoms. The van der Waals surface area contributed by atoms with E-state index >= 15 is 0 Å². The molecule has 0 radical (unpaired) electrons. The van der Waals surface area contributed by atoms with Gasteiger partial charge in [-0.25, -0.2) is 0 Å². The van der Waals surface area contributed by atoms with Gasteiger partial charge in [0.25, 0.3) is 0 Å². The van der Waals surface area contributed by atoms with Crippen LogP contribution in [0.25, 0.3) is 10.9 Å². The van der Waals surface area contributed by atoms with Crippen LogP contribution in [0.3, 0.4) is 0 Å². The van der Waals surface area contributed by atoms with E-state index in [9.17, 15) is 15.3 Å². The van der Waals surface area contributed by atoms with Crippen molar-refractivity contribution in [2.75, 3.05) is 6.61 Å². The minimum atomic E-state index is -0.385. The van der Waals surface area contributed by atoms with E-state index in [1.54, 1.807) is 0 Å². The van der Waals surface area contributed by atoms with Crippen molar-refractivity contribution in [3.05, 3.63) is 36.0 Å². The molecule has 1 unspecified atom stereocenters. The van der Waals surface area contributed by atoms with E-state index in [-0.39, 0.29) is 47.4 Å². The Morgan fingerprint density at radius 3 is 2.59 bits per heavy atom. The first-order valence-electron chi connectivity index (χ1n) is 12.8. The third-order valence-electron chi connectivity index (χ3n) is 10.7. The first-order chi connectivity index (χ1) is 15.3. The summed E-state index contributed by atoms with van der Waals surface area (Å²) in [5, 5.41) is 34.7. The van der Waals surface area contributed by atoms with Crippen LogP contribution in [-0.4, -0.2) is 39.1 Å². The second kappa shape index (κ2) is 7.85. The SMILES string of the molecule is C[C@H](CO)[C@@H]1CCC23[C@H]([C@H]1c1c[nH]c4ccccc14)[C@H](C)C[C@@H](O)[C@@]2(C)[C@H](C)CC[C@@H]3O. The molecule has 3 aliphatic carbocycles. The summed E-state index contributed by atoms with van der Waals surface area (Å²) in [6, 6.07) is 8.53. The molecule has 1 aromatic heterocycles. The molecule has 0 saturated heterocycles. The molecular weight excluding hydrogens is 398 g/mol. The summed E-state index contributed by atoms with van der Waals surface area (Å²) < 4.78 is 0. The summed E-state index contributed by atoms with van der Waals surface area (Å²) in [7, 11) is 0. The second-order valence-corrected chi connectivity index (χ2v) is 11.7.